The Hall–Kier alpha value is -0.830. The van der Waals surface area contributed by atoms with Gasteiger partial charge in [-0.2, -0.15) is 0 Å². The molecule has 0 aromatic carbocycles. The molecule has 1 fully saturated rings. The average Bonchev–Trinajstić information content (AvgIpc) is 2.32. The van der Waals surface area contributed by atoms with Gasteiger partial charge in [0.2, 0.25) is 0 Å². The van der Waals surface area contributed by atoms with Crippen molar-refractivity contribution in [2.45, 2.75) is 70.2 Å². The first kappa shape index (κ1) is 12.6. The van der Waals surface area contributed by atoms with Crippen molar-refractivity contribution >= 4 is 5.97 Å². The maximum atomic E-state index is 10.8. The Balaban J connectivity index is 1.74. The molecule has 0 spiro atoms. The van der Waals surface area contributed by atoms with Gasteiger partial charge in [0.05, 0.1) is 12.2 Å². The maximum absolute atomic E-state index is 10.8. The van der Waals surface area contributed by atoms with Crippen molar-refractivity contribution in [2.24, 2.45) is 0 Å². The Morgan fingerprint density at radius 2 is 1.65 bits per heavy atom. The fraction of sp³-hybridized carbons (Fsp3) is 0.786. The number of rotatable bonds is 3. The zero-order valence-electron chi connectivity index (χ0n) is 10.6. The van der Waals surface area contributed by atoms with E-state index in [9.17, 15) is 4.79 Å². The highest BCUT2D eigenvalue weighted by molar-refractivity contribution is 5.66. The van der Waals surface area contributed by atoms with E-state index in [-0.39, 0.29) is 18.2 Å². The van der Waals surface area contributed by atoms with E-state index in [2.05, 4.69) is 6.08 Å². The smallest absolute Gasteiger partial charge is 0.303 e. The van der Waals surface area contributed by atoms with Crippen molar-refractivity contribution in [3.63, 3.8) is 0 Å². The average molecular weight is 238 g/mol. The molecular weight excluding hydrogens is 216 g/mol. The van der Waals surface area contributed by atoms with Gasteiger partial charge >= 0.3 is 5.97 Å². The van der Waals surface area contributed by atoms with Crippen LogP contribution in [0.25, 0.3) is 0 Å². The molecule has 0 saturated heterocycles. The van der Waals surface area contributed by atoms with Crippen LogP contribution >= 0.6 is 0 Å². The highest BCUT2D eigenvalue weighted by Gasteiger charge is 2.22. The van der Waals surface area contributed by atoms with Crippen LogP contribution in [-0.2, 0) is 14.3 Å². The Kier molecular flexibility index (Phi) is 4.60. The summed E-state index contributed by atoms with van der Waals surface area (Å²) in [6, 6.07) is 0. The number of ether oxygens (including phenoxy) is 2. The minimum Gasteiger partial charge on any atom is -0.458 e. The first-order valence-corrected chi connectivity index (χ1v) is 6.75. The molecule has 0 bridgehead atoms. The number of hydrogen-bond donors (Lipinski definition) is 0. The summed E-state index contributed by atoms with van der Waals surface area (Å²) in [5.74, 6) is -0.203. The third kappa shape index (κ3) is 4.15. The van der Waals surface area contributed by atoms with Gasteiger partial charge in [-0.15, -0.1) is 0 Å². The van der Waals surface area contributed by atoms with Crippen molar-refractivity contribution in [3.8, 4) is 0 Å². The lowest BCUT2D eigenvalue weighted by atomic mass is 9.96. The molecule has 0 N–H and O–H groups in total. The standard InChI is InChI=1S/C14H22O3/c1-11(15)16-13-7-9-14(10-8-13)17-12-5-3-2-4-6-12/h7,9,12-14H,2-6,8,10H2,1H3/t13-,14-/m0/s1. The molecule has 0 unspecified atom stereocenters. The second-order valence-electron chi connectivity index (χ2n) is 5.04. The summed E-state index contributed by atoms with van der Waals surface area (Å²) in [5.41, 5.74) is 0. The van der Waals surface area contributed by atoms with Crippen LogP contribution in [0.3, 0.4) is 0 Å². The SMILES string of the molecule is CC(=O)O[C@H]1C=C[C@H](OC2CCCCC2)CC1. The molecule has 17 heavy (non-hydrogen) atoms. The predicted molar refractivity (Wildman–Crippen MR) is 65.7 cm³/mol. The highest BCUT2D eigenvalue weighted by Crippen LogP contribution is 2.25. The Labute approximate surface area is 103 Å². The van der Waals surface area contributed by atoms with Gasteiger partial charge in [0.1, 0.15) is 6.10 Å². The van der Waals surface area contributed by atoms with Gasteiger partial charge in [-0.1, -0.05) is 25.3 Å². The number of carbonyl (C=O) groups is 1. The lowest BCUT2D eigenvalue weighted by Gasteiger charge is -2.29. The summed E-state index contributed by atoms with van der Waals surface area (Å²) in [7, 11) is 0. The van der Waals surface area contributed by atoms with Crippen LogP contribution < -0.4 is 0 Å². The predicted octanol–water partition coefficient (Wildman–Crippen LogP) is 2.99. The quantitative estimate of drug-likeness (QED) is 0.560. The minimum absolute atomic E-state index is 0.0429. The summed E-state index contributed by atoms with van der Waals surface area (Å²) < 4.78 is 11.2. The van der Waals surface area contributed by atoms with Crippen LogP contribution in [0.5, 0.6) is 0 Å². The molecule has 0 aromatic heterocycles. The summed E-state index contributed by atoms with van der Waals surface area (Å²) in [5, 5.41) is 0. The summed E-state index contributed by atoms with van der Waals surface area (Å²) in [6.07, 6.45) is 12.9. The van der Waals surface area contributed by atoms with Crippen LogP contribution in [0, 0.1) is 0 Å². The van der Waals surface area contributed by atoms with E-state index in [4.69, 9.17) is 9.47 Å². The molecule has 2 aliphatic carbocycles. The van der Waals surface area contributed by atoms with E-state index in [0.717, 1.165) is 12.8 Å². The summed E-state index contributed by atoms with van der Waals surface area (Å²) in [4.78, 5) is 10.8. The third-order valence-electron chi connectivity index (χ3n) is 3.51. The van der Waals surface area contributed by atoms with E-state index in [1.165, 1.54) is 39.0 Å². The molecule has 0 amide bonds. The number of hydrogen-bond acceptors (Lipinski definition) is 3. The van der Waals surface area contributed by atoms with Crippen molar-refractivity contribution in [2.75, 3.05) is 0 Å². The van der Waals surface area contributed by atoms with Gasteiger partial charge in [0, 0.05) is 6.92 Å². The molecule has 3 heteroatoms. The van der Waals surface area contributed by atoms with Gasteiger partial charge in [0.25, 0.3) is 0 Å². The topological polar surface area (TPSA) is 35.5 Å². The second-order valence-corrected chi connectivity index (χ2v) is 5.04. The van der Waals surface area contributed by atoms with Gasteiger partial charge in [-0.3, -0.25) is 4.79 Å². The molecule has 0 aromatic rings. The maximum Gasteiger partial charge on any atom is 0.303 e. The Bertz CT molecular complexity index is 279. The van der Waals surface area contributed by atoms with Crippen molar-refractivity contribution in [1.82, 2.24) is 0 Å². The van der Waals surface area contributed by atoms with E-state index in [1.54, 1.807) is 0 Å². The Morgan fingerprint density at radius 3 is 2.24 bits per heavy atom. The molecule has 2 atom stereocenters. The normalized spacial score (nSPS) is 30.2. The minimum atomic E-state index is -0.203. The van der Waals surface area contributed by atoms with E-state index < -0.39 is 0 Å². The molecule has 3 nitrogen and oxygen atoms in total. The zero-order chi connectivity index (χ0) is 12.1. The lowest BCUT2D eigenvalue weighted by molar-refractivity contribution is -0.145. The lowest BCUT2D eigenvalue weighted by Crippen LogP contribution is -2.27. The highest BCUT2D eigenvalue weighted by atomic mass is 16.5. The first-order valence-electron chi connectivity index (χ1n) is 6.75. The number of esters is 1. The molecular formula is C14H22O3. The Morgan fingerprint density at radius 1 is 1.00 bits per heavy atom. The van der Waals surface area contributed by atoms with E-state index in [0.29, 0.717) is 6.10 Å². The van der Waals surface area contributed by atoms with Gasteiger partial charge in [0.15, 0.2) is 0 Å². The van der Waals surface area contributed by atoms with Gasteiger partial charge in [-0.25, -0.2) is 0 Å². The molecule has 0 radical (unpaired) electrons. The first-order chi connectivity index (χ1) is 8.24. The molecule has 1 saturated carbocycles. The van der Waals surface area contributed by atoms with Crippen LogP contribution in [-0.4, -0.2) is 24.3 Å². The van der Waals surface area contributed by atoms with Crippen LogP contribution in [0.2, 0.25) is 0 Å². The zero-order valence-corrected chi connectivity index (χ0v) is 10.6. The summed E-state index contributed by atoms with van der Waals surface area (Å²) in [6.45, 7) is 1.46. The number of carbonyl (C=O) groups excluding carboxylic acids is 1. The largest absolute Gasteiger partial charge is 0.458 e. The van der Waals surface area contributed by atoms with Crippen molar-refractivity contribution < 1.29 is 14.3 Å². The van der Waals surface area contributed by atoms with Crippen LogP contribution in [0.4, 0.5) is 0 Å². The molecule has 2 rings (SSSR count). The monoisotopic (exact) mass is 238 g/mol. The van der Waals surface area contributed by atoms with Crippen LogP contribution in [0.15, 0.2) is 12.2 Å². The van der Waals surface area contributed by atoms with Gasteiger partial charge < -0.3 is 9.47 Å². The third-order valence-corrected chi connectivity index (χ3v) is 3.51. The fourth-order valence-corrected chi connectivity index (χ4v) is 2.64. The second kappa shape index (κ2) is 6.20. The molecule has 0 aliphatic heterocycles. The van der Waals surface area contributed by atoms with Crippen LogP contribution in [0.1, 0.15) is 51.9 Å². The molecule has 96 valence electrons. The van der Waals surface area contributed by atoms with Gasteiger partial charge in [-0.05, 0) is 31.8 Å². The van der Waals surface area contributed by atoms with Crippen molar-refractivity contribution in [1.29, 1.82) is 0 Å². The van der Waals surface area contributed by atoms with E-state index >= 15 is 0 Å². The summed E-state index contributed by atoms with van der Waals surface area (Å²) >= 11 is 0. The van der Waals surface area contributed by atoms with Crippen molar-refractivity contribution in [3.05, 3.63) is 12.2 Å². The molecule has 0 heterocycles. The molecule has 2 aliphatic rings. The van der Waals surface area contributed by atoms with E-state index in [1.807, 2.05) is 6.08 Å². The fourth-order valence-electron chi connectivity index (χ4n) is 2.64.